The predicted octanol–water partition coefficient (Wildman–Crippen LogP) is 5.73. The second kappa shape index (κ2) is 11.0. The van der Waals surface area contributed by atoms with Crippen LogP contribution >= 0.6 is 23.2 Å². The number of amidine groups is 2. The van der Waals surface area contributed by atoms with E-state index in [-0.39, 0.29) is 24.9 Å². The van der Waals surface area contributed by atoms with Crippen LogP contribution in [-0.4, -0.2) is 47.1 Å². The number of benzene rings is 2. The number of carbonyl (C=O) groups excluding carboxylic acids is 2. The number of hydrogen-bond donors (Lipinski definition) is 0. The molecular weight excluding hydrogens is 455 g/mol. The summed E-state index contributed by atoms with van der Waals surface area (Å²) in [7, 11) is 0. The molecule has 0 aliphatic carbocycles. The number of amides is 2. The SMILES string of the molecule is CCCOC(=O)N1C(c2ccc(Cl)cc2)=NN=C(c2ccc(Cl)cc2)N1C(=O)OCCC. The summed E-state index contributed by atoms with van der Waals surface area (Å²) in [6.45, 7) is 4.06. The third kappa shape index (κ3) is 5.38. The summed E-state index contributed by atoms with van der Waals surface area (Å²) in [5, 5.41) is 11.5. The van der Waals surface area contributed by atoms with Crippen molar-refractivity contribution in [2.45, 2.75) is 26.7 Å². The van der Waals surface area contributed by atoms with E-state index in [2.05, 4.69) is 10.2 Å². The van der Waals surface area contributed by atoms with Gasteiger partial charge in [-0.05, 0) is 61.4 Å². The van der Waals surface area contributed by atoms with E-state index in [0.29, 0.717) is 34.0 Å². The van der Waals surface area contributed by atoms with Gasteiger partial charge in [0.2, 0.25) is 0 Å². The Bertz CT molecular complexity index is 940. The highest BCUT2D eigenvalue weighted by atomic mass is 35.5. The molecule has 168 valence electrons. The summed E-state index contributed by atoms with van der Waals surface area (Å²) in [4.78, 5) is 26.2. The fraction of sp³-hybridized carbons (Fsp3) is 0.273. The molecule has 32 heavy (non-hydrogen) atoms. The standard InChI is InChI=1S/C22H22Cl2N4O4/c1-3-13-31-21(29)27-19(15-5-9-17(23)10-6-15)25-26-20(16-7-11-18(24)12-8-16)28(27)22(30)32-14-4-2/h5-12H,3-4,13-14H2,1-2H3. The minimum Gasteiger partial charge on any atom is -0.448 e. The Morgan fingerprint density at radius 1 is 0.719 bits per heavy atom. The molecule has 2 aromatic carbocycles. The van der Waals surface area contributed by atoms with Crippen LogP contribution in [0.2, 0.25) is 10.0 Å². The van der Waals surface area contributed by atoms with Gasteiger partial charge < -0.3 is 9.47 Å². The molecule has 0 bridgehead atoms. The highest BCUT2D eigenvalue weighted by molar-refractivity contribution is 6.31. The number of halogens is 2. The lowest BCUT2D eigenvalue weighted by Gasteiger charge is -2.35. The maximum Gasteiger partial charge on any atom is 0.435 e. The van der Waals surface area contributed by atoms with Gasteiger partial charge in [0, 0.05) is 21.2 Å². The van der Waals surface area contributed by atoms with Gasteiger partial charge >= 0.3 is 12.2 Å². The second-order valence-electron chi connectivity index (χ2n) is 6.71. The minimum absolute atomic E-state index is 0.0916. The highest BCUT2D eigenvalue weighted by Gasteiger charge is 2.40. The molecule has 0 fully saturated rings. The third-order valence-corrected chi connectivity index (χ3v) is 4.75. The van der Waals surface area contributed by atoms with Crippen LogP contribution in [0.25, 0.3) is 0 Å². The Kier molecular flexibility index (Phi) is 8.08. The molecule has 1 aliphatic heterocycles. The molecule has 3 rings (SSSR count). The van der Waals surface area contributed by atoms with Crippen LogP contribution in [0, 0.1) is 0 Å². The van der Waals surface area contributed by atoms with Crippen LogP contribution in [0.4, 0.5) is 9.59 Å². The molecule has 0 radical (unpaired) electrons. The summed E-state index contributed by atoms with van der Waals surface area (Å²) in [6, 6.07) is 13.2. The van der Waals surface area contributed by atoms with E-state index in [1.807, 2.05) is 13.8 Å². The maximum absolute atomic E-state index is 13.1. The largest absolute Gasteiger partial charge is 0.448 e. The zero-order valence-electron chi connectivity index (χ0n) is 17.6. The molecular formula is C22H22Cl2N4O4. The molecule has 1 heterocycles. The first-order valence-electron chi connectivity index (χ1n) is 10.1. The molecule has 1 aliphatic rings. The first-order chi connectivity index (χ1) is 15.5. The van der Waals surface area contributed by atoms with E-state index in [4.69, 9.17) is 32.7 Å². The Morgan fingerprint density at radius 2 is 1.06 bits per heavy atom. The third-order valence-electron chi connectivity index (χ3n) is 4.25. The molecule has 2 amide bonds. The van der Waals surface area contributed by atoms with Gasteiger partial charge in [-0.3, -0.25) is 0 Å². The summed E-state index contributed by atoms with van der Waals surface area (Å²) < 4.78 is 10.7. The van der Waals surface area contributed by atoms with E-state index in [1.165, 1.54) is 0 Å². The zero-order chi connectivity index (χ0) is 23.1. The average Bonchev–Trinajstić information content (AvgIpc) is 2.81. The normalized spacial score (nSPS) is 13.4. The summed E-state index contributed by atoms with van der Waals surface area (Å²) in [6.07, 6.45) is -0.387. The number of ether oxygens (including phenoxy) is 2. The fourth-order valence-corrected chi connectivity index (χ4v) is 3.02. The molecule has 2 aromatic rings. The number of rotatable bonds is 6. The summed E-state index contributed by atoms with van der Waals surface area (Å²) >= 11 is 12.0. The van der Waals surface area contributed by atoms with Crippen LogP contribution in [0.1, 0.15) is 37.8 Å². The van der Waals surface area contributed by atoms with Crippen LogP contribution in [0.5, 0.6) is 0 Å². The first-order valence-corrected chi connectivity index (χ1v) is 10.8. The quantitative estimate of drug-likeness (QED) is 0.532. The van der Waals surface area contributed by atoms with E-state index >= 15 is 0 Å². The van der Waals surface area contributed by atoms with Gasteiger partial charge in [-0.25, -0.2) is 9.59 Å². The van der Waals surface area contributed by atoms with Crippen molar-refractivity contribution in [3.8, 4) is 0 Å². The predicted molar refractivity (Wildman–Crippen MR) is 123 cm³/mol. The molecule has 0 aromatic heterocycles. The van der Waals surface area contributed by atoms with Crippen molar-refractivity contribution in [3.63, 3.8) is 0 Å². The Labute approximate surface area is 196 Å². The first kappa shape index (κ1) is 23.6. The van der Waals surface area contributed by atoms with E-state index in [0.717, 1.165) is 10.0 Å². The van der Waals surface area contributed by atoms with Gasteiger partial charge in [-0.1, -0.05) is 37.0 Å². The molecule has 8 nitrogen and oxygen atoms in total. The van der Waals surface area contributed by atoms with Crippen LogP contribution in [-0.2, 0) is 9.47 Å². The van der Waals surface area contributed by atoms with Crippen molar-refractivity contribution >= 4 is 47.1 Å². The Hall–Kier alpha value is -3.10. The number of hydrogen-bond acceptors (Lipinski definition) is 6. The fourth-order valence-electron chi connectivity index (χ4n) is 2.76. The lowest BCUT2D eigenvalue weighted by Crippen LogP contribution is -2.57. The molecule has 0 atom stereocenters. The van der Waals surface area contributed by atoms with Crippen molar-refractivity contribution in [2.24, 2.45) is 10.2 Å². The second-order valence-corrected chi connectivity index (χ2v) is 7.59. The van der Waals surface area contributed by atoms with E-state index in [1.54, 1.807) is 48.5 Å². The lowest BCUT2D eigenvalue weighted by molar-refractivity contribution is 0.0477. The van der Waals surface area contributed by atoms with Gasteiger partial charge in [0.1, 0.15) is 0 Å². The zero-order valence-corrected chi connectivity index (χ0v) is 19.1. The van der Waals surface area contributed by atoms with Gasteiger partial charge in [0.25, 0.3) is 0 Å². The van der Waals surface area contributed by atoms with Gasteiger partial charge in [0.15, 0.2) is 11.7 Å². The minimum atomic E-state index is -0.796. The molecule has 0 unspecified atom stereocenters. The van der Waals surface area contributed by atoms with E-state index in [9.17, 15) is 9.59 Å². The van der Waals surface area contributed by atoms with E-state index < -0.39 is 12.2 Å². The van der Waals surface area contributed by atoms with Crippen LogP contribution in [0.15, 0.2) is 58.7 Å². The van der Waals surface area contributed by atoms with Crippen molar-refractivity contribution in [1.29, 1.82) is 0 Å². The number of nitrogens with zero attached hydrogens (tertiary/aromatic N) is 4. The smallest absolute Gasteiger partial charge is 0.435 e. The monoisotopic (exact) mass is 476 g/mol. The summed E-state index contributed by atoms with van der Waals surface area (Å²) in [5.41, 5.74) is 1.02. The van der Waals surface area contributed by atoms with Crippen molar-refractivity contribution in [2.75, 3.05) is 13.2 Å². The van der Waals surface area contributed by atoms with Crippen molar-refractivity contribution in [3.05, 3.63) is 69.7 Å². The maximum atomic E-state index is 13.1. The Morgan fingerprint density at radius 3 is 1.38 bits per heavy atom. The van der Waals surface area contributed by atoms with Gasteiger partial charge in [-0.15, -0.1) is 10.2 Å². The topological polar surface area (TPSA) is 83.8 Å². The highest BCUT2D eigenvalue weighted by Crippen LogP contribution is 2.23. The Balaban J connectivity index is 2.14. The molecule has 0 spiro atoms. The molecule has 0 N–H and O–H groups in total. The lowest BCUT2D eigenvalue weighted by atomic mass is 10.2. The molecule has 0 saturated heterocycles. The van der Waals surface area contributed by atoms with Gasteiger partial charge in [-0.2, -0.15) is 10.0 Å². The number of hydrazine groups is 1. The summed E-state index contributed by atoms with van der Waals surface area (Å²) in [5.74, 6) is 0.183. The van der Waals surface area contributed by atoms with Crippen LogP contribution in [0.3, 0.4) is 0 Å². The molecule has 0 saturated carbocycles. The van der Waals surface area contributed by atoms with Gasteiger partial charge in [0.05, 0.1) is 13.2 Å². The van der Waals surface area contributed by atoms with Crippen LogP contribution < -0.4 is 0 Å². The van der Waals surface area contributed by atoms with Crippen molar-refractivity contribution in [1.82, 2.24) is 10.0 Å². The number of carbonyl (C=O) groups is 2. The van der Waals surface area contributed by atoms with Crippen molar-refractivity contribution < 1.29 is 19.1 Å². The molecule has 10 heteroatoms. The average molecular weight is 477 g/mol.